The first-order valence-electron chi connectivity index (χ1n) is 6.48. The number of esters is 1. The van der Waals surface area contributed by atoms with Gasteiger partial charge in [0.25, 0.3) is 0 Å². The molecule has 0 amide bonds. The quantitative estimate of drug-likeness (QED) is 0.816. The lowest BCUT2D eigenvalue weighted by Gasteiger charge is -2.25. The molecule has 0 aromatic heterocycles. The van der Waals surface area contributed by atoms with Crippen LogP contribution in [0.1, 0.15) is 38.7 Å². The zero-order chi connectivity index (χ0) is 13.2. The van der Waals surface area contributed by atoms with Crippen molar-refractivity contribution in [2.45, 2.75) is 44.8 Å². The Morgan fingerprint density at radius 2 is 1.94 bits per heavy atom. The summed E-state index contributed by atoms with van der Waals surface area (Å²) in [4.78, 5) is 12.2. The summed E-state index contributed by atoms with van der Waals surface area (Å²) in [5, 5.41) is 3.25. The highest BCUT2D eigenvalue weighted by molar-refractivity contribution is 5.78. The molecule has 0 bridgehead atoms. The lowest BCUT2D eigenvalue weighted by molar-refractivity contribution is -0.157. The van der Waals surface area contributed by atoms with Crippen LogP contribution >= 0.6 is 0 Å². The molecule has 1 fully saturated rings. The summed E-state index contributed by atoms with van der Waals surface area (Å²) in [6.07, 6.45) is 0.980. The molecule has 98 valence electrons. The molecule has 1 saturated heterocycles. The molecule has 1 aromatic carbocycles. The Balaban J connectivity index is 2.11. The molecule has 1 aromatic rings. The average molecular weight is 247 g/mol. The van der Waals surface area contributed by atoms with Gasteiger partial charge in [0.1, 0.15) is 11.6 Å². The van der Waals surface area contributed by atoms with Crippen LogP contribution < -0.4 is 5.32 Å². The first kappa shape index (κ1) is 13.1. The minimum atomic E-state index is -0.428. The van der Waals surface area contributed by atoms with Gasteiger partial charge in [-0.25, -0.2) is 0 Å². The molecule has 0 radical (unpaired) electrons. The fourth-order valence-corrected chi connectivity index (χ4v) is 2.38. The number of ether oxygens (including phenoxy) is 1. The maximum absolute atomic E-state index is 12.2. The van der Waals surface area contributed by atoms with Crippen molar-refractivity contribution < 1.29 is 9.53 Å². The Hall–Kier alpha value is -1.35. The molecule has 1 N–H and O–H groups in total. The number of carbonyl (C=O) groups excluding carboxylic acids is 1. The molecule has 0 saturated carbocycles. The summed E-state index contributed by atoms with van der Waals surface area (Å²) < 4.78 is 5.47. The van der Waals surface area contributed by atoms with E-state index in [9.17, 15) is 4.79 Å². The predicted molar refractivity (Wildman–Crippen MR) is 71.4 cm³/mol. The van der Waals surface area contributed by atoms with Crippen LogP contribution in [0.2, 0.25) is 0 Å². The molecule has 1 heterocycles. The largest absolute Gasteiger partial charge is 0.459 e. The van der Waals surface area contributed by atoms with Crippen molar-refractivity contribution >= 4 is 5.97 Å². The first-order valence-corrected chi connectivity index (χ1v) is 6.48. The van der Waals surface area contributed by atoms with Crippen molar-refractivity contribution in [2.75, 3.05) is 6.54 Å². The van der Waals surface area contributed by atoms with E-state index in [4.69, 9.17) is 4.74 Å². The topological polar surface area (TPSA) is 38.3 Å². The highest BCUT2D eigenvalue weighted by atomic mass is 16.6. The van der Waals surface area contributed by atoms with E-state index in [1.807, 2.05) is 39.0 Å². The predicted octanol–water partition coefficient (Wildman–Crippen LogP) is 2.47. The van der Waals surface area contributed by atoms with E-state index < -0.39 is 5.60 Å². The normalized spacial score (nSPS) is 23.9. The van der Waals surface area contributed by atoms with E-state index >= 15 is 0 Å². The first-order chi connectivity index (χ1) is 8.47. The summed E-state index contributed by atoms with van der Waals surface area (Å²) in [5.41, 5.74) is 0.779. The molecule has 3 heteroatoms. The van der Waals surface area contributed by atoms with Crippen molar-refractivity contribution in [3.05, 3.63) is 35.9 Å². The lowest BCUT2D eigenvalue weighted by atomic mass is 9.92. The molecule has 1 aliphatic heterocycles. The molecular formula is C15H21NO2. The smallest absolute Gasteiger partial charge is 0.324 e. The van der Waals surface area contributed by atoms with E-state index in [1.165, 1.54) is 5.56 Å². The third-order valence-electron chi connectivity index (χ3n) is 3.11. The lowest BCUT2D eigenvalue weighted by Crippen LogP contribution is -2.40. The van der Waals surface area contributed by atoms with Gasteiger partial charge in [0, 0.05) is 5.92 Å². The van der Waals surface area contributed by atoms with Crippen molar-refractivity contribution in [1.29, 1.82) is 0 Å². The third kappa shape index (κ3) is 3.10. The number of hydrogen-bond donors (Lipinski definition) is 1. The minimum absolute atomic E-state index is 0.145. The van der Waals surface area contributed by atoms with E-state index in [0.29, 0.717) is 0 Å². The SMILES string of the molecule is CC(C)(C)OC(=O)[C@@H]1NCC[C@@H]1c1ccccc1. The van der Waals surface area contributed by atoms with Gasteiger partial charge >= 0.3 is 5.97 Å². The van der Waals surface area contributed by atoms with Crippen LogP contribution in [0.3, 0.4) is 0 Å². The van der Waals surface area contributed by atoms with Crippen molar-refractivity contribution in [2.24, 2.45) is 0 Å². The Morgan fingerprint density at radius 3 is 2.56 bits per heavy atom. The second-order valence-electron chi connectivity index (χ2n) is 5.77. The molecule has 0 spiro atoms. The highest BCUT2D eigenvalue weighted by Crippen LogP contribution is 2.29. The van der Waals surface area contributed by atoms with Gasteiger partial charge in [-0.1, -0.05) is 30.3 Å². The summed E-state index contributed by atoms with van der Waals surface area (Å²) >= 11 is 0. The van der Waals surface area contributed by atoms with Gasteiger partial charge in [0.15, 0.2) is 0 Å². The van der Waals surface area contributed by atoms with Crippen molar-refractivity contribution in [1.82, 2.24) is 5.32 Å². The van der Waals surface area contributed by atoms with Gasteiger partial charge in [-0.15, -0.1) is 0 Å². The van der Waals surface area contributed by atoms with Crippen LogP contribution in [0.15, 0.2) is 30.3 Å². The molecule has 1 aliphatic rings. The fourth-order valence-electron chi connectivity index (χ4n) is 2.38. The molecule has 2 atom stereocenters. The van der Waals surface area contributed by atoms with Crippen LogP contribution in [-0.4, -0.2) is 24.2 Å². The summed E-state index contributed by atoms with van der Waals surface area (Å²) in [6.45, 7) is 6.57. The maximum atomic E-state index is 12.2. The zero-order valence-corrected chi connectivity index (χ0v) is 11.3. The highest BCUT2D eigenvalue weighted by Gasteiger charge is 2.36. The van der Waals surface area contributed by atoms with Crippen LogP contribution in [0.4, 0.5) is 0 Å². The molecule has 2 rings (SSSR count). The van der Waals surface area contributed by atoms with Crippen LogP contribution in [0, 0.1) is 0 Å². The maximum Gasteiger partial charge on any atom is 0.324 e. The summed E-state index contributed by atoms with van der Waals surface area (Å²) in [6, 6.07) is 9.96. The average Bonchev–Trinajstić information content (AvgIpc) is 2.76. The van der Waals surface area contributed by atoms with Gasteiger partial charge < -0.3 is 10.1 Å². The summed E-state index contributed by atoms with van der Waals surface area (Å²) in [7, 11) is 0. The molecular weight excluding hydrogens is 226 g/mol. The Labute approximate surface area is 109 Å². The minimum Gasteiger partial charge on any atom is -0.459 e. The van der Waals surface area contributed by atoms with E-state index in [1.54, 1.807) is 0 Å². The Bertz CT molecular complexity index is 408. The number of benzene rings is 1. The standard InChI is InChI=1S/C15H21NO2/c1-15(2,3)18-14(17)13-12(9-10-16-13)11-7-5-4-6-8-11/h4-8,12-13,16H,9-10H2,1-3H3/t12-,13-/m1/s1. The van der Waals surface area contributed by atoms with Gasteiger partial charge in [-0.2, -0.15) is 0 Å². The van der Waals surface area contributed by atoms with Crippen LogP contribution in [0.5, 0.6) is 0 Å². The fraction of sp³-hybridized carbons (Fsp3) is 0.533. The van der Waals surface area contributed by atoms with Gasteiger partial charge in [-0.05, 0) is 39.3 Å². The van der Waals surface area contributed by atoms with Crippen molar-refractivity contribution in [3.8, 4) is 0 Å². The molecule has 3 nitrogen and oxygen atoms in total. The number of rotatable bonds is 2. The van der Waals surface area contributed by atoms with Crippen LogP contribution in [-0.2, 0) is 9.53 Å². The monoisotopic (exact) mass is 247 g/mol. The zero-order valence-electron chi connectivity index (χ0n) is 11.3. The Kier molecular flexibility index (Phi) is 3.71. The number of nitrogens with one attached hydrogen (secondary N) is 1. The second-order valence-corrected chi connectivity index (χ2v) is 5.77. The van der Waals surface area contributed by atoms with E-state index in [0.717, 1.165) is 13.0 Å². The Morgan fingerprint density at radius 1 is 1.28 bits per heavy atom. The molecule has 0 unspecified atom stereocenters. The molecule has 18 heavy (non-hydrogen) atoms. The number of carbonyl (C=O) groups is 1. The van der Waals surface area contributed by atoms with E-state index in [-0.39, 0.29) is 17.9 Å². The second kappa shape index (κ2) is 5.11. The van der Waals surface area contributed by atoms with E-state index in [2.05, 4.69) is 17.4 Å². The van der Waals surface area contributed by atoms with Gasteiger partial charge in [-0.3, -0.25) is 4.79 Å². The van der Waals surface area contributed by atoms with Gasteiger partial charge in [0.2, 0.25) is 0 Å². The van der Waals surface area contributed by atoms with Gasteiger partial charge in [0.05, 0.1) is 0 Å². The van der Waals surface area contributed by atoms with Crippen molar-refractivity contribution in [3.63, 3.8) is 0 Å². The third-order valence-corrected chi connectivity index (χ3v) is 3.11. The molecule has 0 aliphatic carbocycles. The number of hydrogen-bond acceptors (Lipinski definition) is 3. The summed E-state index contributed by atoms with van der Waals surface area (Å²) in [5.74, 6) is 0.0786. The van der Waals surface area contributed by atoms with Crippen LogP contribution in [0.25, 0.3) is 0 Å².